The van der Waals surface area contributed by atoms with Crippen molar-refractivity contribution >= 4 is 17.3 Å². The van der Waals surface area contributed by atoms with Gasteiger partial charge in [0.25, 0.3) is 0 Å². The maximum absolute atomic E-state index is 4.26. The molecule has 1 aliphatic rings. The van der Waals surface area contributed by atoms with Gasteiger partial charge in [-0.25, -0.2) is 0 Å². The van der Waals surface area contributed by atoms with Gasteiger partial charge < -0.3 is 10.6 Å². The zero-order chi connectivity index (χ0) is 12.1. The van der Waals surface area contributed by atoms with Crippen LogP contribution >= 0.6 is 11.3 Å². The van der Waals surface area contributed by atoms with Crippen LogP contribution in [0.25, 0.3) is 0 Å². The van der Waals surface area contributed by atoms with Crippen molar-refractivity contribution in [2.75, 3.05) is 7.05 Å². The van der Waals surface area contributed by atoms with E-state index in [4.69, 9.17) is 0 Å². The Kier molecular flexibility index (Phi) is 4.42. The van der Waals surface area contributed by atoms with Crippen LogP contribution in [0.3, 0.4) is 0 Å². The minimum absolute atomic E-state index is 0.642. The fourth-order valence-electron chi connectivity index (χ4n) is 2.06. The van der Waals surface area contributed by atoms with Gasteiger partial charge in [0, 0.05) is 19.6 Å². The molecule has 94 valence electrons. The summed E-state index contributed by atoms with van der Waals surface area (Å²) in [6.07, 6.45) is 3.91. The quantitative estimate of drug-likeness (QED) is 0.623. The molecule has 0 saturated heterocycles. The molecule has 0 spiro atoms. The fraction of sp³-hybridized carbons (Fsp3) is 0.615. The molecule has 3 nitrogen and oxygen atoms in total. The van der Waals surface area contributed by atoms with E-state index in [1.54, 1.807) is 11.3 Å². The fourth-order valence-corrected chi connectivity index (χ4v) is 2.73. The van der Waals surface area contributed by atoms with Crippen molar-refractivity contribution in [2.45, 2.75) is 38.8 Å². The highest BCUT2D eigenvalue weighted by atomic mass is 32.1. The van der Waals surface area contributed by atoms with E-state index in [0.717, 1.165) is 18.4 Å². The lowest BCUT2D eigenvalue weighted by atomic mass is 10.2. The Morgan fingerprint density at radius 1 is 1.59 bits per heavy atom. The zero-order valence-electron chi connectivity index (χ0n) is 10.6. The molecule has 4 heteroatoms. The topological polar surface area (TPSA) is 36.4 Å². The minimum Gasteiger partial charge on any atom is -0.353 e. The molecule has 0 amide bonds. The maximum Gasteiger partial charge on any atom is 0.191 e. The summed E-state index contributed by atoms with van der Waals surface area (Å²) in [7, 11) is 1.83. The first kappa shape index (κ1) is 12.4. The first-order valence-electron chi connectivity index (χ1n) is 6.31. The van der Waals surface area contributed by atoms with Crippen molar-refractivity contribution < 1.29 is 0 Å². The summed E-state index contributed by atoms with van der Waals surface area (Å²) in [5, 5.41) is 11.1. The third kappa shape index (κ3) is 3.73. The lowest BCUT2D eigenvalue weighted by Gasteiger charge is -2.11. The molecule has 0 bridgehead atoms. The number of rotatable bonds is 5. The summed E-state index contributed by atoms with van der Waals surface area (Å²) >= 11 is 1.73. The van der Waals surface area contributed by atoms with Gasteiger partial charge in [0.05, 0.1) is 0 Å². The molecule has 0 aromatic carbocycles. The second-order valence-corrected chi connectivity index (χ2v) is 5.37. The van der Waals surface area contributed by atoms with Gasteiger partial charge in [-0.2, -0.15) is 11.3 Å². The summed E-state index contributed by atoms with van der Waals surface area (Å²) in [5.74, 6) is 1.79. The predicted octanol–water partition coefficient (Wildman–Crippen LogP) is 2.60. The van der Waals surface area contributed by atoms with Crippen LogP contribution in [-0.4, -0.2) is 19.0 Å². The first-order chi connectivity index (χ1) is 8.33. The Morgan fingerprint density at radius 3 is 3.12 bits per heavy atom. The van der Waals surface area contributed by atoms with Gasteiger partial charge in [-0.15, -0.1) is 0 Å². The molecule has 1 aromatic rings. The van der Waals surface area contributed by atoms with Crippen molar-refractivity contribution in [1.82, 2.24) is 10.6 Å². The number of aliphatic imine (C=N–C) groups is 1. The highest BCUT2D eigenvalue weighted by Crippen LogP contribution is 2.34. The molecule has 2 unspecified atom stereocenters. The highest BCUT2D eigenvalue weighted by molar-refractivity contribution is 7.07. The lowest BCUT2D eigenvalue weighted by molar-refractivity contribution is 0.655. The van der Waals surface area contributed by atoms with Crippen molar-refractivity contribution in [3.63, 3.8) is 0 Å². The third-order valence-electron chi connectivity index (χ3n) is 3.17. The van der Waals surface area contributed by atoms with E-state index in [0.29, 0.717) is 6.04 Å². The Labute approximate surface area is 107 Å². The third-order valence-corrected chi connectivity index (χ3v) is 3.90. The van der Waals surface area contributed by atoms with Crippen LogP contribution in [0.5, 0.6) is 0 Å². The average molecular weight is 251 g/mol. The van der Waals surface area contributed by atoms with Gasteiger partial charge in [0.1, 0.15) is 0 Å². The largest absolute Gasteiger partial charge is 0.353 e. The van der Waals surface area contributed by atoms with E-state index in [9.17, 15) is 0 Å². The van der Waals surface area contributed by atoms with E-state index < -0.39 is 0 Å². The van der Waals surface area contributed by atoms with E-state index in [1.807, 2.05) is 7.05 Å². The monoisotopic (exact) mass is 251 g/mol. The number of thiophene rings is 1. The van der Waals surface area contributed by atoms with Gasteiger partial charge in [-0.1, -0.05) is 13.3 Å². The molecule has 1 saturated carbocycles. The summed E-state index contributed by atoms with van der Waals surface area (Å²) < 4.78 is 0. The molecule has 17 heavy (non-hydrogen) atoms. The molecule has 0 aliphatic heterocycles. The lowest BCUT2D eigenvalue weighted by Crippen LogP contribution is -2.38. The second kappa shape index (κ2) is 6.05. The van der Waals surface area contributed by atoms with Crippen LogP contribution in [0.15, 0.2) is 21.8 Å². The summed E-state index contributed by atoms with van der Waals surface area (Å²) in [6.45, 7) is 3.10. The van der Waals surface area contributed by atoms with Crippen molar-refractivity contribution in [2.24, 2.45) is 10.9 Å². The number of hydrogen-bond donors (Lipinski definition) is 2. The van der Waals surface area contributed by atoms with E-state index >= 15 is 0 Å². The average Bonchev–Trinajstić information content (AvgIpc) is 2.86. The van der Waals surface area contributed by atoms with Crippen LogP contribution in [0.1, 0.15) is 31.7 Å². The summed E-state index contributed by atoms with van der Waals surface area (Å²) in [4.78, 5) is 4.26. The molecule has 2 atom stereocenters. The van der Waals surface area contributed by atoms with Crippen LogP contribution < -0.4 is 10.6 Å². The normalized spacial score (nSPS) is 23.5. The number of nitrogens with zero attached hydrogens (tertiary/aromatic N) is 1. The molecule has 1 fully saturated rings. The molecular formula is C13H21N3S. The molecule has 2 N–H and O–H groups in total. The molecule has 0 radical (unpaired) electrons. The van der Waals surface area contributed by atoms with E-state index in [2.05, 4.69) is 39.4 Å². The zero-order valence-corrected chi connectivity index (χ0v) is 11.4. The Hall–Kier alpha value is -1.03. The van der Waals surface area contributed by atoms with Crippen LogP contribution in [0.2, 0.25) is 0 Å². The molecule has 1 aliphatic carbocycles. The van der Waals surface area contributed by atoms with Gasteiger partial charge in [0.2, 0.25) is 0 Å². The van der Waals surface area contributed by atoms with E-state index in [1.165, 1.54) is 24.8 Å². The van der Waals surface area contributed by atoms with Gasteiger partial charge >= 0.3 is 0 Å². The molecular weight excluding hydrogens is 230 g/mol. The van der Waals surface area contributed by atoms with Crippen molar-refractivity contribution in [1.29, 1.82) is 0 Å². The number of nitrogens with one attached hydrogen (secondary N) is 2. The van der Waals surface area contributed by atoms with Crippen molar-refractivity contribution in [3.05, 3.63) is 22.4 Å². The minimum atomic E-state index is 0.642. The van der Waals surface area contributed by atoms with Crippen molar-refractivity contribution in [3.8, 4) is 0 Å². The van der Waals surface area contributed by atoms with Crippen LogP contribution in [-0.2, 0) is 6.54 Å². The number of hydrogen-bond acceptors (Lipinski definition) is 2. The van der Waals surface area contributed by atoms with Gasteiger partial charge in [-0.3, -0.25) is 4.99 Å². The number of guanidine groups is 1. The second-order valence-electron chi connectivity index (χ2n) is 4.59. The smallest absolute Gasteiger partial charge is 0.191 e. The van der Waals surface area contributed by atoms with Gasteiger partial charge in [0.15, 0.2) is 5.96 Å². The predicted molar refractivity (Wildman–Crippen MR) is 74.5 cm³/mol. The van der Waals surface area contributed by atoms with Gasteiger partial charge in [-0.05, 0) is 41.1 Å². The molecule has 1 heterocycles. The summed E-state index contributed by atoms with van der Waals surface area (Å²) in [6, 6.07) is 2.78. The maximum atomic E-state index is 4.26. The van der Waals surface area contributed by atoms with Crippen LogP contribution in [0, 0.1) is 5.92 Å². The van der Waals surface area contributed by atoms with Crippen LogP contribution in [0.4, 0.5) is 0 Å². The standard InChI is InChI=1S/C13H21N3S/c1-3-4-11-7-12(11)16-13(14-2)15-8-10-5-6-17-9-10/h5-6,9,11-12H,3-4,7-8H2,1-2H3,(H2,14,15,16). The SMILES string of the molecule is CCCC1CC1NC(=NC)NCc1ccsc1. The molecule has 2 rings (SSSR count). The first-order valence-corrected chi connectivity index (χ1v) is 7.26. The highest BCUT2D eigenvalue weighted by Gasteiger charge is 2.36. The van der Waals surface area contributed by atoms with E-state index in [-0.39, 0.29) is 0 Å². The molecule has 1 aromatic heterocycles. The summed E-state index contributed by atoms with van der Waals surface area (Å²) in [5.41, 5.74) is 1.32. The Morgan fingerprint density at radius 2 is 2.47 bits per heavy atom. The Balaban J connectivity index is 1.71. The Bertz CT molecular complexity index is 359.